The molecule has 0 radical (unpaired) electrons. The van der Waals surface area contributed by atoms with Gasteiger partial charge < -0.3 is 0 Å². The molecule has 1 aromatic rings. The Labute approximate surface area is 142 Å². The lowest BCUT2D eigenvalue weighted by atomic mass is 9.93. The number of carbonyl (C=O) groups excluding carboxylic acids is 1. The van der Waals surface area contributed by atoms with Crippen LogP contribution < -0.4 is 10.4 Å². The molecular weight excluding hydrogens is 337 g/mol. The van der Waals surface area contributed by atoms with E-state index in [0.717, 1.165) is 17.7 Å². The molecule has 1 atom stereocenters. The van der Waals surface area contributed by atoms with E-state index in [1.165, 1.54) is 34.5 Å². The van der Waals surface area contributed by atoms with E-state index >= 15 is 0 Å². The van der Waals surface area contributed by atoms with Gasteiger partial charge in [0.15, 0.2) is 0 Å². The minimum absolute atomic E-state index is 0.164. The number of alkyl halides is 3. The first-order valence-electron chi connectivity index (χ1n) is 7.42. The number of rotatable bonds is 1. The van der Waals surface area contributed by atoms with Crippen LogP contribution in [0.25, 0.3) is 0 Å². The first-order chi connectivity index (χ1) is 11.1. The number of anilines is 1. The molecule has 2 aliphatic heterocycles. The zero-order valence-electron chi connectivity index (χ0n) is 13.3. The highest BCUT2D eigenvalue weighted by molar-refractivity contribution is 8.01. The van der Waals surface area contributed by atoms with Crippen LogP contribution in [-0.4, -0.2) is 16.4 Å². The van der Waals surface area contributed by atoms with E-state index in [4.69, 9.17) is 0 Å². The Bertz CT molecular complexity index is 756. The lowest BCUT2D eigenvalue weighted by Gasteiger charge is -2.31. The predicted molar refractivity (Wildman–Crippen MR) is 89.4 cm³/mol. The van der Waals surface area contributed by atoms with Gasteiger partial charge in [-0.25, -0.2) is 5.01 Å². The van der Waals surface area contributed by atoms with Crippen molar-refractivity contribution in [3.63, 3.8) is 0 Å². The summed E-state index contributed by atoms with van der Waals surface area (Å²) in [7, 11) is 0. The largest absolute Gasteiger partial charge is 0.416 e. The van der Waals surface area contributed by atoms with Gasteiger partial charge in [-0.05, 0) is 38.5 Å². The van der Waals surface area contributed by atoms with E-state index in [1.807, 2.05) is 13.8 Å². The normalized spacial score (nSPS) is 24.8. The number of thioether (sulfide) groups is 1. The molecule has 0 bridgehead atoms. The number of hydrogen-bond acceptors (Lipinski definition) is 3. The highest BCUT2D eigenvalue weighted by atomic mass is 32.2. The van der Waals surface area contributed by atoms with Crippen molar-refractivity contribution in [2.45, 2.75) is 31.2 Å². The average Bonchev–Trinajstić information content (AvgIpc) is 2.76. The molecule has 3 rings (SSSR count). The molecule has 1 N–H and O–H groups in total. The van der Waals surface area contributed by atoms with E-state index in [0.29, 0.717) is 17.9 Å². The summed E-state index contributed by atoms with van der Waals surface area (Å²) in [6.45, 7) is 7.95. The molecule has 2 heterocycles. The Morgan fingerprint density at radius 2 is 2.00 bits per heavy atom. The maximum atomic E-state index is 13.0. The molecule has 24 heavy (non-hydrogen) atoms. The molecule has 0 saturated carbocycles. The Kier molecular flexibility index (Phi) is 3.94. The van der Waals surface area contributed by atoms with Crippen LogP contribution in [0.5, 0.6) is 0 Å². The highest BCUT2D eigenvalue weighted by Gasteiger charge is 2.52. The fraction of sp³-hybridized carbons (Fsp3) is 0.353. The maximum absolute atomic E-state index is 13.0. The number of hydrogen-bond donors (Lipinski definition) is 1. The fourth-order valence-corrected chi connectivity index (χ4v) is 4.31. The molecule has 1 spiro atoms. The monoisotopic (exact) mass is 354 g/mol. The van der Waals surface area contributed by atoms with Gasteiger partial charge >= 0.3 is 6.18 Å². The Balaban J connectivity index is 1.96. The number of carbonyl (C=O) groups is 1. The highest BCUT2D eigenvalue weighted by Crippen LogP contribution is 2.47. The Hall–Kier alpha value is -1.89. The van der Waals surface area contributed by atoms with Crippen molar-refractivity contribution >= 4 is 23.4 Å². The minimum atomic E-state index is -4.45. The van der Waals surface area contributed by atoms with Gasteiger partial charge in [-0.2, -0.15) is 13.2 Å². The van der Waals surface area contributed by atoms with E-state index < -0.39 is 16.5 Å². The van der Waals surface area contributed by atoms with Crippen LogP contribution in [0.4, 0.5) is 18.9 Å². The minimum Gasteiger partial charge on any atom is -0.294 e. The number of allylic oxidation sites excluding steroid dienone is 1. The van der Waals surface area contributed by atoms with Crippen molar-refractivity contribution in [3.05, 3.63) is 53.3 Å². The molecule has 1 saturated heterocycles. The Morgan fingerprint density at radius 1 is 1.29 bits per heavy atom. The van der Waals surface area contributed by atoms with Crippen molar-refractivity contribution in [1.29, 1.82) is 0 Å². The zero-order chi connectivity index (χ0) is 17.7. The topological polar surface area (TPSA) is 32.3 Å². The third-order valence-electron chi connectivity index (χ3n) is 4.49. The van der Waals surface area contributed by atoms with Gasteiger partial charge in [0.1, 0.15) is 4.75 Å². The van der Waals surface area contributed by atoms with Crippen LogP contribution in [-0.2, 0) is 11.0 Å². The van der Waals surface area contributed by atoms with E-state index in [1.54, 1.807) is 0 Å². The second kappa shape index (κ2) is 5.58. The summed E-state index contributed by atoms with van der Waals surface area (Å²) in [6.07, 6.45) is -3.94. The van der Waals surface area contributed by atoms with Crippen molar-refractivity contribution in [2.75, 3.05) is 10.8 Å². The van der Waals surface area contributed by atoms with Gasteiger partial charge in [0.2, 0.25) is 0 Å². The van der Waals surface area contributed by atoms with Gasteiger partial charge in [-0.15, -0.1) is 11.8 Å². The molecule has 3 nitrogen and oxygen atoms in total. The van der Waals surface area contributed by atoms with Crippen molar-refractivity contribution in [3.8, 4) is 0 Å². The number of nitrogens with one attached hydrogen (secondary N) is 1. The molecule has 1 aromatic carbocycles. The standard InChI is InChI=1S/C17H17F3N2OS/c1-10-8-16(24-9-11(10)2)12(3)21-22(15(16)23)14-6-4-5-13(7-14)17(18,19)20/h4-7,21H,3,8-9H2,1-2H3/t16-/m1/s1. The first-order valence-corrected chi connectivity index (χ1v) is 8.41. The first kappa shape index (κ1) is 17.0. The molecule has 1 fully saturated rings. The number of benzene rings is 1. The second-order valence-corrected chi connectivity index (χ2v) is 7.41. The van der Waals surface area contributed by atoms with Crippen molar-refractivity contribution in [2.24, 2.45) is 0 Å². The summed E-state index contributed by atoms with van der Waals surface area (Å²) in [4.78, 5) is 13.0. The SMILES string of the molecule is C=C1NN(c2cccc(C(F)(F)F)c2)C(=O)[C@@]12CC(C)=C(C)CS2. The van der Waals surface area contributed by atoms with E-state index in [9.17, 15) is 18.0 Å². The van der Waals surface area contributed by atoms with Crippen LogP contribution in [0.3, 0.4) is 0 Å². The number of amides is 1. The summed E-state index contributed by atoms with van der Waals surface area (Å²) >= 11 is 1.48. The van der Waals surface area contributed by atoms with Gasteiger partial charge in [-0.3, -0.25) is 10.2 Å². The van der Waals surface area contributed by atoms with E-state index in [-0.39, 0.29) is 11.6 Å². The maximum Gasteiger partial charge on any atom is 0.416 e. The van der Waals surface area contributed by atoms with Crippen LogP contribution in [0, 0.1) is 0 Å². The van der Waals surface area contributed by atoms with Gasteiger partial charge in [-0.1, -0.05) is 23.8 Å². The lowest BCUT2D eigenvalue weighted by molar-refractivity contribution is -0.137. The molecule has 7 heteroatoms. The average molecular weight is 354 g/mol. The van der Waals surface area contributed by atoms with Crippen LogP contribution >= 0.6 is 11.8 Å². The Morgan fingerprint density at radius 3 is 2.62 bits per heavy atom. The molecule has 0 aromatic heterocycles. The van der Waals surface area contributed by atoms with Crippen LogP contribution in [0.2, 0.25) is 0 Å². The number of hydrazine groups is 1. The fourth-order valence-electron chi connectivity index (χ4n) is 2.85. The van der Waals surface area contributed by atoms with Gasteiger partial charge in [0.05, 0.1) is 16.9 Å². The molecule has 0 unspecified atom stereocenters. The lowest BCUT2D eigenvalue weighted by Crippen LogP contribution is -2.41. The van der Waals surface area contributed by atoms with Gasteiger partial charge in [0, 0.05) is 5.75 Å². The summed E-state index contributed by atoms with van der Waals surface area (Å²) < 4.78 is 37.9. The van der Waals surface area contributed by atoms with E-state index in [2.05, 4.69) is 12.0 Å². The quantitative estimate of drug-likeness (QED) is 0.764. The number of nitrogens with zero attached hydrogens (tertiary/aromatic N) is 1. The molecule has 2 aliphatic rings. The second-order valence-electron chi connectivity index (χ2n) is 6.13. The molecule has 0 aliphatic carbocycles. The summed E-state index contributed by atoms with van der Waals surface area (Å²) in [6, 6.07) is 4.73. The molecule has 1 amide bonds. The van der Waals surface area contributed by atoms with Crippen LogP contribution in [0.1, 0.15) is 25.8 Å². The van der Waals surface area contributed by atoms with Gasteiger partial charge in [0.25, 0.3) is 5.91 Å². The third-order valence-corrected chi connectivity index (χ3v) is 6.13. The smallest absolute Gasteiger partial charge is 0.294 e. The summed E-state index contributed by atoms with van der Waals surface area (Å²) in [5, 5.41) is 1.18. The predicted octanol–water partition coefficient (Wildman–Crippen LogP) is 4.28. The summed E-state index contributed by atoms with van der Waals surface area (Å²) in [5.74, 6) is 0.429. The molecule has 128 valence electrons. The molecular formula is C17H17F3N2OS. The van der Waals surface area contributed by atoms with Crippen molar-refractivity contribution in [1.82, 2.24) is 5.43 Å². The zero-order valence-corrected chi connectivity index (χ0v) is 14.1. The third kappa shape index (κ3) is 2.60. The van der Waals surface area contributed by atoms with Crippen molar-refractivity contribution < 1.29 is 18.0 Å². The van der Waals surface area contributed by atoms with Crippen LogP contribution in [0.15, 0.2) is 47.7 Å². The summed E-state index contributed by atoms with van der Waals surface area (Å²) in [5.41, 5.74) is 5.11. The number of halogens is 3.